The topological polar surface area (TPSA) is 47.6 Å². The van der Waals surface area contributed by atoms with Gasteiger partial charge in [-0.25, -0.2) is 0 Å². The molecule has 1 unspecified atom stereocenters. The standard InChI is InChI=1S/C20H25NO3/c1-5-23-19-13-9-7-11-17(19)21-20(22)15(4)24-18-12-8-6-10-16(18)14(2)3/h6-15H,5H2,1-4H3,(H,21,22). The first-order valence-corrected chi connectivity index (χ1v) is 8.31. The van der Waals surface area contributed by atoms with Gasteiger partial charge in [0.05, 0.1) is 12.3 Å². The van der Waals surface area contributed by atoms with Crippen molar-refractivity contribution >= 4 is 11.6 Å². The molecule has 0 saturated carbocycles. The summed E-state index contributed by atoms with van der Waals surface area (Å²) in [6.07, 6.45) is -0.611. The number of hydrogen-bond acceptors (Lipinski definition) is 3. The first-order valence-electron chi connectivity index (χ1n) is 8.31. The van der Waals surface area contributed by atoms with Gasteiger partial charge in [0.2, 0.25) is 0 Å². The van der Waals surface area contributed by atoms with Gasteiger partial charge in [0, 0.05) is 0 Å². The molecule has 24 heavy (non-hydrogen) atoms. The summed E-state index contributed by atoms with van der Waals surface area (Å²) in [5, 5.41) is 2.88. The number of nitrogens with one attached hydrogen (secondary N) is 1. The van der Waals surface area contributed by atoms with Gasteiger partial charge in [0.25, 0.3) is 5.91 Å². The number of benzene rings is 2. The molecular weight excluding hydrogens is 302 g/mol. The van der Waals surface area contributed by atoms with Crippen molar-refractivity contribution < 1.29 is 14.3 Å². The van der Waals surface area contributed by atoms with Gasteiger partial charge in [0.1, 0.15) is 11.5 Å². The van der Waals surface area contributed by atoms with E-state index in [2.05, 4.69) is 19.2 Å². The van der Waals surface area contributed by atoms with E-state index in [4.69, 9.17) is 9.47 Å². The Morgan fingerprint density at radius 1 is 1.00 bits per heavy atom. The molecule has 2 aromatic rings. The van der Waals surface area contributed by atoms with Crippen LogP contribution in [0.1, 0.15) is 39.2 Å². The molecule has 0 aliphatic rings. The summed E-state index contributed by atoms with van der Waals surface area (Å²) < 4.78 is 11.4. The van der Waals surface area contributed by atoms with Crippen LogP contribution in [-0.2, 0) is 4.79 Å². The van der Waals surface area contributed by atoms with Crippen LogP contribution in [0.3, 0.4) is 0 Å². The normalized spacial score (nSPS) is 11.9. The molecule has 4 heteroatoms. The highest BCUT2D eigenvalue weighted by molar-refractivity contribution is 5.95. The fraction of sp³-hybridized carbons (Fsp3) is 0.350. The van der Waals surface area contributed by atoms with Crippen molar-refractivity contribution in [2.45, 2.75) is 39.7 Å². The number of ether oxygens (including phenoxy) is 2. The van der Waals surface area contributed by atoms with Crippen LogP contribution >= 0.6 is 0 Å². The molecule has 0 radical (unpaired) electrons. The maximum atomic E-state index is 12.5. The highest BCUT2D eigenvalue weighted by Crippen LogP contribution is 2.27. The van der Waals surface area contributed by atoms with Crippen LogP contribution in [0.25, 0.3) is 0 Å². The molecule has 1 N–H and O–H groups in total. The molecule has 4 nitrogen and oxygen atoms in total. The Bertz CT molecular complexity index is 682. The number of amides is 1. The van der Waals surface area contributed by atoms with Crippen LogP contribution < -0.4 is 14.8 Å². The van der Waals surface area contributed by atoms with E-state index in [1.165, 1.54) is 0 Å². The fourth-order valence-corrected chi connectivity index (χ4v) is 2.39. The first-order chi connectivity index (χ1) is 11.5. The minimum atomic E-state index is -0.611. The molecule has 0 aliphatic heterocycles. The Hall–Kier alpha value is -2.49. The van der Waals surface area contributed by atoms with Gasteiger partial charge in [0.15, 0.2) is 6.10 Å². The van der Waals surface area contributed by atoms with E-state index in [-0.39, 0.29) is 5.91 Å². The first kappa shape index (κ1) is 17.9. The van der Waals surface area contributed by atoms with Crippen molar-refractivity contribution in [3.63, 3.8) is 0 Å². The second-order valence-electron chi connectivity index (χ2n) is 5.87. The van der Waals surface area contributed by atoms with Gasteiger partial charge in [-0.2, -0.15) is 0 Å². The Labute approximate surface area is 143 Å². The largest absolute Gasteiger partial charge is 0.492 e. The highest BCUT2D eigenvalue weighted by Gasteiger charge is 2.18. The van der Waals surface area contributed by atoms with E-state index in [0.29, 0.717) is 24.0 Å². The van der Waals surface area contributed by atoms with Crippen molar-refractivity contribution in [3.05, 3.63) is 54.1 Å². The highest BCUT2D eigenvalue weighted by atomic mass is 16.5. The van der Waals surface area contributed by atoms with Crippen LogP contribution in [0.15, 0.2) is 48.5 Å². The zero-order valence-corrected chi connectivity index (χ0v) is 14.7. The third kappa shape index (κ3) is 4.51. The molecule has 0 aromatic heterocycles. The molecule has 0 bridgehead atoms. The lowest BCUT2D eigenvalue weighted by atomic mass is 10.0. The Kier molecular flexibility index (Phi) is 6.24. The van der Waals surface area contributed by atoms with Gasteiger partial charge in [-0.05, 0) is 43.5 Å². The number of carbonyl (C=O) groups is 1. The lowest BCUT2D eigenvalue weighted by Crippen LogP contribution is -2.30. The quantitative estimate of drug-likeness (QED) is 0.807. The lowest BCUT2D eigenvalue weighted by molar-refractivity contribution is -0.122. The monoisotopic (exact) mass is 327 g/mol. The Balaban J connectivity index is 2.08. The maximum absolute atomic E-state index is 12.5. The van der Waals surface area contributed by atoms with Crippen LogP contribution in [0, 0.1) is 0 Å². The summed E-state index contributed by atoms with van der Waals surface area (Å²) in [5.74, 6) is 1.52. The zero-order valence-electron chi connectivity index (χ0n) is 14.7. The summed E-state index contributed by atoms with van der Waals surface area (Å²) in [7, 11) is 0. The van der Waals surface area contributed by atoms with Crippen LogP contribution in [0.4, 0.5) is 5.69 Å². The minimum Gasteiger partial charge on any atom is -0.492 e. The van der Waals surface area contributed by atoms with Crippen LogP contribution in [0.2, 0.25) is 0 Å². The third-order valence-corrected chi connectivity index (χ3v) is 3.66. The van der Waals surface area contributed by atoms with Crippen LogP contribution in [-0.4, -0.2) is 18.6 Å². The second kappa shape index (κ2) is 8.39. The van der Waals surface area contributed by atoms with Gasteiger partial charge >= 0.3 is 0 Å². The SMILES string of the molecule is CCOc1ccccc1NC(=O)C(C)Oc1ccccc1C(C)C. The number of carbonyl (C=O) groups excluding carboxylic acids is 1. The van der Waals surface area contributed by atoms with Crippen LogP contribution in [0.5, 0.6) is 11.5 Å². The van der Waals surface area contributed by atoms with E-state index in [1.807, 2.05) is 55.5 Å². The molecule has 0 saturated heterocycles. The molecule has 0 heterocycles. The summed E-state index contributed by atoms with van der Waals surface area (Å²) in [5.41, 5.74) is 1.74. The number of rotatable bonds is 7. The molecule has 128 valence electrons. The average Bonchev–Trinajstić information content (AvgIpc) is 2.57. The second-order valence-corrected chi connectivity index (χ2v) is 5.87. The molecule has 0 aliphatic carbocycles. The maximum Gasteiger partial charge on any atom is 0.265 e. The summed E-state index contributed by atoms with van der Waals surface area (Å²) in [4.78, 5) is 12.5. The lowest BCUT2D eigenvalue weighted by Gasteiger charge is -2.19. The third-order valence-electron chi connectivity index (χ3n) is 3.66. The van der Waals surface area contributed by atoms with Gasteiger partial charge in [-0.1, -0.05) is 44.2 Å². The van der Waals surface area contributed by atoms with Gasteiger partial charge in [-0.3, -0.25) is 4.79 Å². The molecule has 0 spiro atoms. The van der Waals surface area contributed by atoms with Gasteiger partial charge < -0.3 is 14.8 Å². The van der Waals surface area contributed by atoms with Crippen molar-refractivity contribution in [2.24, 2.45) is 0 Å². The van der Waals surface area contributed by atoms with Crippen molar-refractivity contribution in [1.29, 1.82) is 0 Å². The van der Waals surface area contributed by atoms with Gasteiger partial charge in [-0.15, -0.1) is 0 Å². The van der Waals surface area contributed by atoms with E-state index in [1.54, 1.807) is 6.92 Å². The molecule has 1 amide bonds. The molecular formula is C20H25NO3. The predicted molar refractivity (Wildman–Crippen MR) is 96.9 cm³/mol. The molecule has 2 aromatic carbocycles. The molecule has 1 atom stereocenters. The van der Waals surface area contributed by atoms with Crippen molar-refractivity contribution in [1.82, 2.24) is 0 Å². The van der Waals surface area contributed by atoms with E-state index < -0.39 is 6.10 Å². The molecule has 2 rings (SSSR count). The number of hydrogen-bond donors (Lipinski definition) is 1. The fourth-order valence-electron chi connectivity index (χ4n) is 2.39. The Morgan fingerprint density at radius 2 is 1.62 bits per heavy atom. The zero-order chi connectivity index (χ0) is 17.5. The minimum absolute atomic E-state index is 0.208. The average molecular weight is 327 g/mol. The molecule has 0 fully saturated rings. The summed E-state index contributed by atoms with van der Waals surface area (Å²) in [6.45, 7) is 8.40. The van der Waals surface area contributed by atoms with Crippen molar-refractivity contribution in [3.8, 4) is 11.5 Å². The number of anilines is 1. The summed E-state index contributed by atoms with van der Waals surface area (Å²) >= 11 is 0. The summed E-state index contributed by atoms with van der Waals surface area (Å²) in [6, 6.07) is 15.2. The smallest absolute Gasteiger partial charge is 0.265 e. The van der Waals surface area contributed by atoms with E-state index in [0.717, 1.165) is 11.3 Å². The van der Waals surface area contributed by atoms with Crippen molar-refractivity contribution in [2.75, 3.05) is 11.9 Å². The van der Waals surface area contributed by atoms with E-state index in [9.17, 15) is 4.79 Å². The Morgan fingerprint density at radius 3 is 2.29 bits per heavy atom. The number of para-hydroxylation sites is 3. The predicted octanol–water partition coefficient (Wildman–Crippen LogP) is 4.61. The van der Waals surface area contributed by atoms with E-state index >= 15 is 0 Å².